The molecule has 1 unspecified atom stereocenters. The largest absolute Gasteiger partial charge is 0.329 e. The van der Waals surface area contributed by atoms with Crippen molar-refractivity contribution in [3.63, 3.8) is 0 Å². The number of hydrogen-bond donors (Lipinski definition) is 3. The molecule has 0 heterocycles. The topological polar surface area (TPSA) is 38.0 Å². The van der Waals surface area contributed by atoms with Crippen LogP contribution in [-0.4, -0.2) is 11.9 Å². The molecule has 2 nitrogen and oxygen atoms in total. The van der Waals surface area contributed by atoms with Crippen LogP contribution in [0.5, 0.6) is 0 Å². The van der Waals surface area contributed by atoms with E-state index in [0.717, 1.165) is 0 Å². The monoisotopic (exact) mass is 196 g/mol. The van der Waals surface area contributed by atoms with Gasteiger partial charge in [0.1, 0.15) is 0 Å². The van der Waals surface area contributed by atoms with Crippen molar-refractivity contribution in [2.24, 2.45) is 5.73 Å². The van der Waals surface area contributed by atoms with Crippen LogP contribution in [0, 0.1) is 0 Å². The lowest BCUT2D eigenvalue weighted by Crippen LogP contribution is -2.32. The molecule has 1 aromatic carbocycles. The number of hydrogen-bond acceptors (Lipinski definition) is 3. The maximum absolute atomic E-state index is 5.66. The number of thiol groups is 1. The van der Waals surface area contributed by atoms with E-state index in [4.69, 9.17) is 5.73 Å². The van der Waals surface area contributed by atoms with E-state index in [-0.39, 0.29) is 11.4 Å². The first-order chi connectivity index (χ1) is 6.24. The highest BCUT2D eigenvalue weighted by atomic mass is 32.1. The van der Waals surface area contributed by atoms with Crippen LogP contribution in [0.25, 0.3) is 0 Å². The summed E-state index contributed by atoms with van der Waals surface area (Å²) in [6, 6.07) is 10.4. The van der Waals surface area contributed by atoms with Gasteiger partial charge in [-0.25, -0.2) is 0 Å². The summed E-state index contributed by atoms with van der Waals surface area (Å²) < 4.78 is 0. The predicted molar refractivity (Wildman–Crippen MR) is 59.8 cm³/mol. The SMILES string of the molecule is CC(S)N[C@@H](CN)c1ccccc1. The second-order valence-electron chi connectivity index (χ2n) is 3.04. The molecule has 1 rings (SSSR count). The Hall–Kier alpha value is -0.510. The third-order valence-electron chi connectivity index (χ3n) is 1.88. The summed E-state index contributed by atoms with van der Waals surface area (Å²) in [5.41, 5.74) is 6.87. The molecule has 0 saturated carbocycles. The molecule has 2 atom stereocenters. The van der Waals surface area contributed by atoms with Crippen LogP contribution in [0.15, 0.2) is 30.3 Å². The van der Waals surface area contributed by atoms with E-state index in [1.165, 1.54) is 5.56 Å². The third kappa shape index (κ3) is 3.38. The number of rotatable bonds is 4. The first-order valence-electron chi connectivity index (χ1n) is 4.43. The highest BCUT2D eigenvalue weighted by Gasteiger charge is 2.09. The highest BCUT2D eigenvalue weighted by molar-refractivity contribution is 7.80. The fraction of sp³-hybridized carbons (Fsp3) is 0.400. The van der Waals surface area contributed by atoms with Crippen LogP contribution < -0.4 is 11.1 Å². The van der Waals surface area contributed by atoms with E-state index < -0.39 is 0 Å². The molecular formula is C10H16N2S. The van der Waals surface area contributed by atoms with Crippen molar-refractivity contribution in [2.75, 3.05) is 6.54 Å². The zero-order valence-corrected chi connectivity index (χ0v) is 8.67. The molecule has 0 aliphatic heterocycles. The van der Waals surface area contributed by atoms with Gasteiger partial charge in [0, 0.05) is 18.0 Å². The summed E-state index contributed by atoms with van der Waals surface area (Å²) >= 11 is 4.27. The normalized spacial score (nSPS) is 15.3. The number of benzene rings is 1. The highest BCUT2D eigenvalue weighted by Crippen LogP contribution is 2.11. The molecule has 3 heteroatoms. The van der Waals surface area contributed by atoms with E-state index in [2.05, 4.69) is 30.1 Å². The van der Waals surface area contributed by atoms with Crippen molar-refractivity contribution in [3.8, 4) is 0 Å². The quantitative estimate of drug-likeness (QED) is 0.505. The minimum atomic E-state index is 0.161. The van der Waals surface area contributed by atoms with E-state index >= 15 is 0 Å². The molecule has 0 spiro atoms. The average Bonchev–Trinajstić information content (AvgIpc) is 2.15. The molecule has 0 amide bonds. The van der Waals surface area contributed by atoms with Gasteiger partial charge in [-0.15, -0.1) is 0 Å². The average molecular weight is 196 g/mol. The van der Waals surface area contributed by atoms with Crippen molar-refractivity contribution in [1.29, 1.82) is 0 Å². The summed E-state index contributed by atoms with van der Waals surface area (Å²) in [4.78, 5) is 0. The molecule has 0 fully saturated rings. The van der Waals surface area contributed by atoms with Gasteiger partial charge in [0.05, 0.1) is 0 Å². The smallest absolute Gasteiger partial charge is 0.0478 e. The van der Waals surface area contributed by atoms with Crippen molar-refractivity contribution >= 4 is 12.6 Å². The lowest BCUT2D eigenvalue weighted by molar-refractivity contribution is 0.542. The molecule has 0 aromatic heterocycles. The lowest BCUT2D eigenvalue weighted by Gasteiger charge is -2.19. The molecule has 0 saturated heterocycles. The minimum absolute atomic E-state index is 0.161. The van der Waals surface area contributed by atoms with Crippen molar-refractivity contribution < 1.29 is 0 Å². The maximum Gasteiger partial charge on any atom is 0.0478 e. The summed E-state index contributed by atoms with van der Waals surface area (Å²) in [6.45, 7) is 2.59. The fourth-order valence-electron chi connectivity index (χ4n) is 1.28. The Labute approximate surface area is 84.9 Å². The maximum atomic E-state index is 5.66. The van der Waals surface area contributed by atoms with Crippen LogP contribution in [0.4, 0.5) is 0 Å². The van der Waals surface area contributed by atoms with Crippen molar-refractivity contribution in [1.82, 2.24) is 5.32 Å². The third-order valence-corrected chi connectivity index (χ3v) is 2.03. The Balaban J connectivity index is 2.67. The van der Waals surface area contributed by atoms with Gasteiger partial charge >= 0.3 is 0 Å². The van der Waals surface area contributed by atoms with Crippen LogP contribution in [0.1, 0.15) is 18.5 Å². The second-order valence-corrected chi connectivity index (χ2v) is 3.82. The molecule has 0 radical (unpaired) electrons. The van der Waals surface area contributed by atoms with Gasteiger partial charge < -0.3 is 5.73 Å². The van der Waals surface area contributed by atoms with Gasteiger partial charge in [0.25, 0.3) is 0 Å². The number of nitrogens with one attached hydrogen (secondary N) is 1. The molecule has 3 N–H and O–H groups in total. The standard InChI is InChI=1S/C10H16N2S/c1-8(13)12-10(7-11)9-5-3-2-4-6-9/h2-6,8,10,12-13H,7,11H2,1H3/t8?,10-/m0/s1. The summed E-state index contributed by atoms with van der Waals surface area (Å²) in [6.07, 6.45) is 0. The minimum Gasteiger partial charge on any atom is -0.329 e. The van der Waals surface area contributed by atoms with Crippen LogP contribution in [0.2, 0.25) is 0 Å². The van der Waals surface area contributed by atoms with Crippen LogP contribution in [-0.2, 0) is 0 Å². The van der Waals surface area contributed by atoms with Crippen LogP contribution in [0.3, 0.4) is 0 Å². The molecule has 0 aliphatic carbocycles. The van der Waals surface area contributed by atoms with Crippen molar-refractivity contribution in [2.45, 2.75) is 18.3 Å². The van der Waals surface area contributed by atoms with Gasteiger partial charge in [0.15, 0.2) is 0 Å². The van der Waals surface area contributed by atoms with Crippen LogP contribution >= 0.6 is 12.6 Å². The lowest BCUT2D eigenvalue weighted by atomic mass is 10.1. The first-order valence-corrected chi connectivity index (χ1v) is 4.95. The zero-order chi connectivity index (χ0) is 9.68. The summed E-state index contributed by atoms with van der Waals surface area (Å²) in [7, 11) is 0. The molecule has 13 heavy (non-hydrogen) atoms. The summed E-state index contributed by atoms with van der Waals surface area (Å²) in [5.74, 6) is 0. The Morgan fingerprint density at radius 1 is 1.38 bits per heavy atom. The Bertz CT molecular complexity index is 236. The molecule has 0 aliphatic rings. The van der Waals surface area contributed by atoms with Gasteiger partial charge in [0.2, 0.25) is 0 Å². The Morgan fingerprint density at radius 2 is 2.00 bits per heavy atom. The number of nitrogens with two attached hydrogens (primary N) is 1. The van der Waals surface area contributed by atoms with E-state index in [1.54, 1.807) is 0 Å². The fourth-order valence-corrected chi connectivity index (χ4v) is 1.46. The Kier molecular flexibility index (Phi) is 4.28. The van der Waals surface area contributed by atoms with Crippen molar-refractivity contribution in [3.05, 3.63) is 35.9 Å². The van der Waals surface area contributed by atoms with E-state index in [1.807, 2.05) is 25.1 Å². The first kappa shape index (κ1) is 10.6. The Morgan fingerprint density at radius 3 is 2.46 bits per heavy atom. The molecule has 72 valence electrons. The van der Waals surface area contributed by atoms with Gasteiger partial charge in [-0.3, -0.25) is 5.32 Å². The van der Waals surface area contributed by atoms with E-state index in [9.17, 15) is 0 Å². The van der Waals surface area contributed by atoms with Gasteiger partial charge in [-0.05, 0) is 12.5 Å². The molecule has 0 bridgehead atoms. The van der Waals surface area contributed by atoms with Gasteiger partial charge in [-0.1, -0.05) is 30.3 Å². The predicted octanol–water partition coefficient (Wildman–Crippen LogP) is 1.55. The van der Waals surface area contributed by atoms with Gasteiger partial charge in [-0.2, -0.15) is 12.6 Å². The second kappa shape index (κ2) is 5.27. The zero-order valence-electron chi connectivity index (χ0n) is 7.77. The molecule has 1 aromatic rings. The molecular weight excluding hydrogens is 180 g/mol. The summed E-state index contributed by atoms with van der Waals surface area (Å²) in [5, 5.41) is 3.45. The van der Waals surface area contributed by atoms with E-state index in [0.29, 0.717) is 6.54 Å².